The number of likely N-dealkylation sites (tertiary alicyclic amines) is 1. The zero-order valence-corrected chi connectivity index (χ0v) is 15.9. The molecule has 1 N–H and O–H groups in total. The molecule has 1 saturated heterocycles. The van der Waals surface area contributed by atoms with Crippen molar-refractivity contribution in [3.63, 3.8) is 0 Å². The van der Waals surface area contributed by atoms with E-state index in [0.29, 0.717) is 24.8 Å². The molecule has 0 unspecified atom stereocenters. The van der Waals surface area contributed by atoms with Gasteiger partial charge in [-0.2, -0.15) is 0 Å². The van der Waals surface area contributed by atoms with Crippen LogP contribution < -0.4 is 0 Å². The van der Waals surface area contributed by atoms with E-state index in [4.69, 9.17) is 16.3 Å². The quantitative estimate of drug-likeness (QED) is 0.735. The minimum absolute atomic E-state index is 0.103. The summed E-state index contributed by atoms with van der Waals surface area (Å²) in [6.07, 6.45) is 3.52. The lowest BCUT2D eigenvalue weighted by atomic mass is 9.66. The summed E-state index contributed by atoms with van der Waals surface area (Å²) in [7, 11) is 0. The Balaban J connectivity index is 1.75. The summed E-state index contributed by atoms with van der Waals surface area (Å²) in [5, 5.41) is 10.3. The highest BCUT2D eigenvalue weighted by molar-refractivity contribution is 6.30. The molecular weight excluding hydrogens is 354 g/mol. The van der Waals surface area contributed by atoms with E-state index in [1.54, 1.807) is 17.0 Å². The smallest absolute Gasteiger partial charge is 0.308 e. The van der Waals surface area contributed by atoms with Crippen LogP contribution in [0.4, 0.5) is 0 Å². The predicted molar refractivity (Wildman–Crippen MR) is 99.3 cm³/mol. The number of hydrogen-bond acceptors (Lipinski definition) is 3. The molecular formula is C20H26ClNO4. The second-order valence-electron chi connectivity index (χ2n) is 7.39. The fourth-order valence-corrected chi connectivity index (χ4v) is 4.32. The van der Waals surface area contributed by atoms with Crippen LogP contribution in [0, 0.1) is 11.3 Å². The topological polar surface area (TPSA) is 66.8 Å². The molecule has 2 atom stereocenters. The van der Waals surface area contributed by atoms with E-state index in [0.717, 1.165) is 31.2 Å². The van der Waals surface area contributed by atoms with Crippen molar-refractivity contribution in [3.05, 3.63) is 34.9 Å². The first kappa shape index (κ1) is 19.2. The van der Waals surface area contributed by atoms with Crippen LogP contribution in [-0.4, -0.2) is 48.2 Å². The molecule has 1 aliphatic heterocycles. The van der Waals surface area contributed by atoms with Crippen molar-refractivity contribution >= 4 is 23.5 Å². The molecule has 26 heavy (non-hydrogen) atoms. The first-order valence-corrected chi connectivity index (χ1v) is 9.70. The SMILES string of the molecule is CCOCCC1(C(=O)N2C[C@@H](C(=O)O)[C@H](c3ccc(Cl)cc3)C2)CCC1. The minimum atomic E-state index is -0.850. The lowest BCUT2D eigenvalue weighted by Crippen LogP contribution is -2.48. The van der Waals surface area contributed by atoms with Gasteiger partial charge in [0.15, 0.2) is 0 Å². The third-order valence-corrected chi connectivity index (χ3v) is 6.17. The van der Waals surface area contributed by atoms with Gasteiger partial charge in [-0.1, -0.05) is 30.2 Å². The number of carbonyl (C=O) groups is 2. The number of aliphatic carboxylic acids is 1. The van der Waals surface area contributed by atoms with Crippen LogP contribution in [0.25, 0.3) is 0 Å². The maximum absolute atomic E-state index is 13.2. The number of carboxylic acid groups (broad SMARTS) is 1. The van der Waals surface area contributed by atoms with Gasteiger partial charge in [0.2, 0.25) is 5.91 Å². The van der Waals surface area contributed by atoms with Gasteiger partial charge in [0.1, 0.15) is 0 Å². The van der Waals surface area contributed by atoms with Crippen molar-refractivity contribution in [1.29, 1.82) is 0 Å². The zero-order valence-electron chi connectivity index (χ0n) is 15.1. The molecule has 142 valence electrons. The first-order valence-electron chi connectivity index (χ1n) is 9.32. The van der Waals surface area contributed by atoms with Gasteiger partial charge in [-0.05, 0) is 43.9 Å². The fraction of sp³-hybridized carbons (Fsp3) is 0.600. The lowest BCUT2D eigenvalue weighted by molar-refractivity contribution is -0.149. The number of rotatable bonds is 7. The van der Waals surface area contributed by atoms with Crippen molar-refractivity contribution in [2.24, 2.45) is 11.3 Å². The maximum Gasteiger partial charge on any atom is 0.308 e. The van der Waals surface area contributed by atoms with E-state index in [-0.39, 0.29) is 23.8 Å². The Bertz CT molecular complexity index is 656. The van der Waals surface area contributed by atoms with Crippen molar-refractivity contribution in [3.8, 4) is 0 Å². The normalized spacial score (nSPS) is 24.3. The molecule has 1 aromatic rings. The van der Waals surface area contributed by atoms with Gasteiger partial charge in [0.05, 0.1) is 11.3 Å². The van der Waals surface area contributed by atoms with Gasteiger partial charge < -0.3 is 14.7 Å². The molecule has 1 saturated carbocycles. The van der Waals surface area contributed by atoms with Crippen LogP contribution in [0.15, 0.2) is 24.3 Å². The highest BCUT2D eigenvalue weighted by atomic mass is 35.5. The first-order chi connectivity index (χ1) is 12.5. The average molecular weight is 380 g/mol. The van der Waals surface area contributed by atoms with E-state index < -0.39 is 11.9 Å². The monoisotopic (exact) mass is 379 g/mol. The number of carboxylic acids is 1. The fourth-order valence-electron chi connectivity index (χ4n) is 4.19. The summed E-state index contributed by atoms with van der Waals surface area (Å²) in [4.78, 5) is 26.7. The highest BCUT2D eigenvalue weighted by Gasteiger charge is 2.49. The molecule has 1 aliphatic carbocycles. The highest BCUT2D eigenvalue weighted by Crippen LogP contribution is 2.47. The number of carbonyl (C=O) groups excluding carboxylic acids is 1. The third-order valence-electron chi connectivity index (χ3n) is 5.92. The van der Waals surface area contributed by atoms with Gasteiger partial charge in [-0.3, -0.25) is 9.59 Å². The van der Waals surface area contributed by atoms with Crippen molar-refractivity contribution in [1.82, 2.24) is 4.90 Å². The van der Waals surface area contributed by atoms with Crippen LogP contribution in [0.2, 0.25) is 5.02 Å². The van der Waals surface area contributed by atoms with Crippen LogP contribution in [0.5, 0.6) is 0 Å². The second kappa shape index (κ2) is 7.97. The lowest BCUT2D eigenvalue weighted by Gasteiger charge is -2.42. The Hall–Kier alpha value is -1.59. The molecule has 2 aliphatic rings. The molecule has 0 radical (unpaired) electrons. The minimum Gasteiger partial charge on any atom is -0.481 e. The summed E-state index contributed by atoms with van der Waals surface area (Å²) in [5.74, 6) is -1.52. The Morgan fingerprint density at radius 1 is 1.27 bits per heavy atom. The molecule has 0 spiro atoms. The van der Waals surface area contributed by atoms with E-state index in [2.05, 4.69) is 0 Å². The Morgan fingerprint density at radius 3 is 2.50 bits per heavy atom. The number of amides is 1. The van der Waals surface area contributed by atoms with Crippen molar-refractivity contribution < 1.29 is 19.4 Å². The molecule has 0 aromatic heterocycles. The van der Waals surface area contributed by atoms with Crippen LogP contribution in [-0.2, 0) is 14.3 Å². The molecule has 2 fully saturated rings. The Morgan fingerprint density at radius 2 is 1.96 bits per heavy atom. The number of nitrogens with zero attached hydrogens (tertiary/aromatic N) is 1. The summed E-state index contributed by atoms with van der Waals surface area (Å²) in [5.41, 5.74) is 0.571. The maximum atomic E-state index is 13.2. The van der Waals surface area contributed by atoms with Gasteiger partial charge in [-0.25, -0.2) is 0 Å². The van der Waals surface area contributed by atoms with Gasteiger partial charge in [-0.15, -0.1) is 0 Å². The van der Waals surface area contributed by atoms with Crippen LogP contribution >= 0.6 is 11.6 Å². The largest absolute Gasteiger partial charge is 0.481 e. The molecule has 5 nitrogen and oxygen atoms in total. The van der Waals surface area contributed by atoms with E-state index >= 15 is 0 Å². The van der Waals surface area contributed by atoms with Crippen LogP contribution in [0.3, 0.4) is 0 Å². The predicted octanol–water partition coefficient (Wildman–Crippen LogP) is 3.56. The summed E-state index contributed by atoms with van der Waals surface area (Å²) < 4.78 is 5.46. The Labute approximate surface area is 159 Å². The molecule has 1 amide bonds. The molecule has 1 aromatic carbocycles. The third kappa shape index (κ3) is 3.74. The van der Waals surface area contributed by atoms with E-state index in [9.17, 15) is 14.7 Å². The van der Waals surface area contributed by atoms with Crippen LogP contribution in [0.1, 0.15) is 44.1 Å². The summed E-state index contributed by atoms with van der Waals surface area (Å²) >= 11 is 5.95. The molecule has 0 bridgehead atoms. The summed E-state index contributed by atoms with van der Waals surface area (Å²) in [6, 6.07) is 7.28. The number of halogens is 1. The standard InChI is InChI=1S/C20H26ClNO4/c1-2-26-11-10-20(8-3-9-20)19(25)22-12-16(17(13-22)18(23)24)14-4-6-15(21)7-5-14/h4-7,16-17H,2-3,8-13H2,1H3,(H,23,24)/t16-,17+/m0/s1. The van der Waals surface area contributed by atoms with Gasteiger partial charge in [0.25, 0.3) is 0 Å². The summed E-state index contributed by atoms with van der Waals surface area (Å²) in [6.45, 7) is 3.91. The average Bonchev–Trinajstić information content (AvgIpc) is 3.03. The molecule has 3 rings (SSSR count). The number of hydrogen-bond donors (Lipinski definition) is 1. The molecule has 1 heterocycles. The number of ether oxygens (including phenoxy) is 1. The second-order valence-corrected chi connectivity index (χ2v) is 7.83. The van der Waals surface area contributed by atoms with Gasteiger partial charge >= 0.3 is 5.97 Å². The zero-order chi connectivity index (χ0) is 18.7. The van der Waals surface area contributed by atoms with Crippen molar-refractivity contribution in [2.45, 2.75) is 38.5 Å². The van der Waals surface area contributed by atoms with E-state index in [1.165, 1.54) is 0 Å². The molecule has 6 heteroatoms. The van der Waals surface area contributed by atoms with Gasteiger partial charge in [0, 0.05) is 37.2 Å². The number of benzene rings is 1. The van der Waals surface area contributed by atoms with E-state index in [1.807, 2.05) is 19.1 Å². The Kier molecular flexibility index (Phi) is 5.88. The van der Waals surface area contributed by atoms with Crippen molar-refractivity contribution in [2.75, 3.05) is 26.3 Å².